The van der Waals surface area contributed by atoms with Crippen LogP contribution in [-0.2, 0) is 19.1 Å². The molecule has 2 aliphatic rings. The Hall–Kier alpha value is -1.63. The summed E-state index contributed by atoms with van der Waals surface area (Å²) < 4.78 is 5.14. The predicted octanol–water partition coefficient (Wildman–Crippen LogP) is 0.629. The van der Waals surface area contributed by atoms with Crippen LogP contribution in [0.1, 0.15) is 40.0 Å². The lowest BCUT2D eigenvalue weighted by Gasteiger charge is -2.36. The van der Waals surface area contributed by atoms with Gasteiger partial charge in [0.1, 0.15) is 0 Å². The van der Waals surface area contributed by atoms with E-state index in [2.05, 4.69) is 5.32 Å². The van der Waals surface area contributed by atoms with E-state index in [1.54, 1.807) is 4.90 Å². The molecule has 23 heavy (non-hydrogen) atoms. The van der Waals surface area contributed by atoms with Crippen molar-refractivity contribution in [2.24, 2.45) is 11.3 Å². The molecule has 130 valence electrons. The number of carbonyl (C=O) groups is 3. The van der Waals surface area contributed by atoms with E-state index >= 15 is 0 Å². The lowest BCUT2D eigenvalue weighted by Crippen LogP contribution is -2.51. The standard InChI is InChI=1S/C16H26N2O5/c1-16(2,3)15(22)18-7-4-5-10(9-18)13(19)17-11-6-8-23-12(11)14(20)21/h10-12H,4-9H2,1-3H3,(H,17,19)(H,20,21)/t10?,11-,12+/m1/s1. The van der Waals surface area contributed by atoms with Crippen LogP contribution in [0.4, 0.5) is 0 Å². The first-order chi connectivity index (χ1) is 10.7. The van der Waals surface area contributed by atoms with Crippen LogP contribution < -0.4 is 5.32 Å². The van der Waals surface area contributed by atoms with Crippen molar-refractivity contribution < 1.29 is 24.2 Å². The number of rotatable bonds is 3. The first kappa shape index (κ1) is 17.7. The second-order valence-electron chi connectivity index (χ2n) is 7.37. The molecular formula is C16H26N2O5. The molecule has 0 radical (unpaired) electrons. The highest BCUT2D eigenvalue weighted by molar-refractivity contribution is 5.84. The van der Waals surface area contributed by atoms with Crippen LogP contribution >= 0.6 is 0 Å². The minimum absolute atomic E-state index is 0.0441. The molecule has 0 aliphatic carbocycles. The molecule has 0 aromatic carbocycles. The third kappa shape index (κ3) is 4.22. The number of carbonyl (C=O) groups excluding carboxylic acids is 2. The maximum absolute atomic E-state index is 12.4. The van der Waals surface area contributed by atoms with Crippen molar-refractivity contribution in [1.82, 2.24) is 10.2 Å². The fourth-order valence-electron chi connectivity index (χ4n) is 3.13. The first-order valence-corrected chi connectivity index (χ1v) is 8.14. The Kier molecular flexibility index (Phi) is 5.29. The van der Waals surface area contributed by atoms with Crippen LogP contribution in [-0.4, -0.2) is 59.6 Å². The van der Waals surface area contributed by atoms with E-state index in [1.807, 2.05) is 20.8 Å². The number of ether oxygens (including phenoxy) is 1. The first-order valence-electron chi connectivity index (χ1n) is 8.14. The molecule has 2 saturated heterocycles. The largest absolute Gasteiger partial charge is 0.479 e. The van der Waals surface area contributed by atoms with E-state index in [0.29, 0.717) is 32.5 Å². The number of amides is 2. The third-order valence-electron chi connectivity index (χ3n) is 4.38. The minimum atomic E-state index is -1.05. The summed E-state index contributed by atoms with van der Waals surface area (Å²) in [5.41, 5.74) is -0.466. The molecule has 0 bridgehead atoms. The number of nitrogens with one attached hydrogen (secondary N) is 1. The highest BCUT2D eigenvalue weighted by atomic mass is 16.5. The van der Waals surface area contributed by atoms with Crippen LogP contribution in [0.5, 0.6) is 0 Å². The van der Waals surface area contributed by atoms with Gasteiger partial charge in [0, 0.05) is 25.1 Å². The maximum atomic E-state index is 12.4. The van der Waals surface area contributed by atoms with Gasteiger partial charge in [-0.3, -0.25) is 9.59 Å². The zero-order chi connectivity index (χ0) is 17.2. The molecule has 7 heteroatoms. The van der Waals surface area contributed by atoms with Gasteiger partial charge in [0.2, 0.25) is 11.8 Å². The van der Waals surface area contributed by atoms with Crippen LogP contribution in [0.2, 0.25) is 0 Å². The summed E-state index contributed by atoms with van der Waals surface area (Å²) in [6, 6.07) is -0.492. The van der Waals surface area contributed by atoms with Crippen LogP contribution in [0.3, 0.4) is 0 Å². The number of carboxylic acids is 1. The molecule has 2 aliphatic heterocycles. The molecule has 0 saturated carbocycles. The second kappa shape index (κ2) is 6.86. The van der Waals surface area contributed by atoms with Crippen molar-refractivity contribution in [3.63, 3.8) is 0 Å². The predicted molar refractivity (Wildman–Crippen MR) is 82.7 cm³/mol. The number of piperidine rings is 1. The average molecular weight is 326 g/mol. The molecule has 2 rings (SSSR count). The van der Waals surface area contributed by atoms with Gasteiger partial charge in [-0.2, -0.15) is 0 Å². The van der Waals surface area contributed by atoms with Gasteiger partial charge < -0.3 is 20.1 Å². The lowest BCUT2D eigenvalue weighted by molar-refractivity contribution is -0.148. The molecule has 2 fully saturated rings. The van der Waals surface area contributed by atoms with Crippen molar-refractivity contribution in [3.05, 3.63) is 0 Å². The summed E-state index contributed by atoms with van der Waals surface area (Å²) in [5.74, 6) is -1.48. The van der Waals surface area contributed by atoms with Crippen molar-refractivity contribution in [2.75, 3.05) is 19.7 Å². The number of hydrogen-bond donors (Lipinski definition) is 2. The minimum Gasteiger partial charge on any atom is -0.479 e. The SMILES string of the molecule is CC(C)(C)C(=O)N1CCCC(C(=O)N[C@@H]2CCO[C@@H]2C(=O)O)C1. The highest BCUT2D eigenvalue weighted by Crippen LogP contribution is 2.24. The van der Waals surface area contributed by atoms with Crippen molar-refractivity contribution in [3.8, 4) is 0 Å². The Morgan fingerprint density at radius 1 is 1.22 bits per heavy atom. The molecule has 0 aromatic rings. The van der Waals surface area contributed by atoms with Crippen LogP contribution in [0, 0.1) is 11.3 Å². The summed E-state index contributed by atoms with van der Waals surface area (Å²) in [7, 11) is 0. The van der Waals surface area contributed by atoms with Gasteiger partial charge in [0.25, 0.3) is 0 Å². The van der Waals surface area contributed by atoms with Crippen LogP contribution in [0.15, 0.2) is 0 Å². The smallest absolute Gasteiger partial charge is 0.334 e. The molecule has 7 nitrogen and oxygen atoms in total. The van der Waals surface area contributed by atoms with Crippen molar-refractivity contribution >= 4 is 17.8 Å². The van der Waals surface area contributed by atoms with E-state index in [4.69, 9.17) is 9.84 Å². The zero-order valence-electron chi connectivity index (χ0n) is 14.0. The second-order valence-corrected chi connectivity index (χ2v) is 7.37. The summed E-state index contributed by atoms with van der Waals surface area (Å²) in [6.45, 7) is 7.00. The lowest BCUT2D eigenvalue weighted by atomic mass is 9.90. The summed E-state index contributed by atoms with van der Waals surface area (Å²) in [6.07, 6.45) is 1.02. The Labute approximate surface area is 136 Å². The summed E-state index contributed by atoms with van der Waals surface area (Å²) in [5, 5.41) is 11.9. The molecule has 2 amide bonds. The summed E-state index contributed by atoms with van der Waals surface area (Å²) in [4.78, 5) is 37.6. The van der Waals surface area contributed by atoms with Gasteiger partial charge in [-0.15, -0.1) is 0 Å². The molecule has 0 spiro atoms. The van der Waals surface area contributed by atoms with E-state index in [1.165, 1.54) is 0 Å². The van der Waals surface area contributed by atoms with Gasteiger partial charge in [0.05, 0.1) is 12.0 Å². The topological polar surface area (TPSA) is 95.9 Å². The maximum Gasteiger partial charge on any atom is 0.334 e. The summed E-state index contributed by atoms with van der Waals surface area (Å²) >= 11 is 0. The average Bonchev–Trinajstić information content (AvgIpc) is 2.94. The number of aliphatic carboxylic acids is 1. The molecule has 2 heterocycles. The molecule has 3 atom stereocenters. The Bertz CT molecular complexity index is 485. The zero-order valence-corrected chi connectivity index (χ0v) is 14.0. The number of nitrogens with zero attached hydrogens (tertiary/aromatic N) is 1. The monoisotopic (exact) mass is 326 g/mol. The van der Waals surface area contributed by atoms with Crippen molar-refractivity contribution in [2.45, 2.75) is 52.2 Å². The Balaban J connectivity index is 1.94. The molecule has 0 aromatic heterocycles. The normalized spacial score (nSPS) is 28.5. The highest BCUT2D eigenvalue weighted by Gasteiger charge is 2.38. The Morgan fingerprint density at radius 3 is 2.52 bits per heavy atom. The molecule has 1 unspecified atom stereocenters. The van der Waals surface area contributed by atoms with Gasteiger partial charge in [-0.25, -0.2) is 4.79 Å². The van der Waals surface area contributed by atoms with E-state index in [9.17, 15) is 14.4 Å². The third-order valence-corrected chi connectivity index (χ3v) is 4.38. The van der Waals surface area contributed by atoms with Crippen molar-refractivity contribution in [1.29, 1.82) is 0 Å². The van der Waals surface area contributed by atoms with E-state index < -0.39 is 23.5 Å². The number of hydrogen-bond acceptors (Lipinski definition) is 4. The molecular weight excluding hydrogens is 300 g/mol. The fourth-order valence-corrected chi connectivity index (χ4v) is 3.13. The fraction of sp³-hybridized carbons (Fsp3) is 0.812. The Morgan fingerprint density at radius 2 is 1.91 bits per heavy atom. The van der Waals surface area contributed by atoms with Crippen LogP contribution in [0.25, 0.3) is 0 Å². The van der Waals surface area contributed by atoms with Gasteiger partial charge >= 0.3 is 5.97 Å². The van der Waals surface area contributed by atoms with Gasteiger partial charge in [0.15, 0.2) is 6.10 Å². The van der Waals surface area contributed by atoms with E-state index in [-0.39, 0.29) is 17.7 Å². The quantitative estimate of drug-likeness (QED) is 0.793. The van der Waals surface area contributed by atoms with E-state index in [0.717, 1.165) is 6.42 Å². The molecule has 2 N–H and O–H groups in total. The number of carboxylic acid groups (broad SMARTS) is 1. The van der Waals surface area contributed by atoms with Gasteiger partial charge in [-0.1, -0.05) is 20.8 Å². The number of likely N-dealkylation sites (tertiary alicyclic amines) is 1. The van der Waals surface area contributed by atoms with Gasteiger partial charge in [-0.05, 0) is 19.3 Å².